The summed E-state index contributed by atoms with van der Waals surface area (Å²) >= 11 is 0. The second-order valence-electron chi connectivity index (χ2n) is 5.76. The lowest BCUT2D eigenvalue weighted by Crippen LogP contribution is -2.39. The van der Waals surface area contributed by atoms with E-state index in [0.29, 0.717) is 12.8 Å². The third kappa shape index (κ3) is 4.52. The van der Waals surface area contributed by atoms with E-state index in [9.17, 15) is 17.6 Å². The van der Waals surface area contributed by atoms with Gasteiger partial charge in [0.25, 0.3) is 0 Å². The fourth-order valence-electron chi connectivity index (χ4n) is 3.03. The zero-order valence-corrected chi connectivity index (χ0v) is 13.5. The van der Waals surface area contributed by atoms with Gasteiger partial charge in [0.1, 0.15) is 12.4 Å². The third-order valence-electron chi connectivity index (χ3n) is 4.19. The van der Waals surface area contributed by atoms with E-state index in [0.717, 1.165) is 25.0 Å². The van der Waals surface area contributed by atoms with Gasteiger partial charge in [0, 0.05) is 5.92 Å². The van der Waals surface area contributed by atoms with Gasteiger partial charge in [0.2, 0.25) is 5.91 Å². The second kappa shape index (κ2) is 7.55. The van der Waals surface area contributed by atoms with Gasteiger partial charge in [-0.15, -0.1) is 0 Å². The number of hydrogen-bond donors (Lipinski definition) is 1. The van der Waals surface area contributed by atoms with E-state index >= 15 is 0 Å². The summed E-state index contributed by atoms with van der Waals surface area (Å²) in [7, 11) is -3.58. The first-order valence-corrected chi connectivity index (χ1v) is 9.22. The number of sulfone groups is 1. The van der Waals surface area contributed by atoms with Crippen LogP contribution in [-0.4, -0.2) is 26.6 Å². The van der Waals surface area contributed by atoms with E-state index in [-0.39, 0.29) is 29.0 Å². The molecule has 1 aromatic rings. The standard InChI is InChI=1S/C16H19FN2O3S/c17-13-5-7-14(8-6-13)23(21,22)11-12-3-1-2-4-15(12)16(20)19-10-9-18/h5-8,12,15H,1-4,10-11H2,(H,19,20)/t12-,15-/m1/s1. The van der Waals surface area contributed by atoms with Gasteiger partial charge in [-0.25, -0.2) is 12.8 Å². The Morgan fingerprint density at radius 2 is 1.91 bits per heavy atom. The van der Waals surface area contributed by atoms with Gasteiger partial charge in [0.15, 0.2) is 9.84 Å². The Morgan fingerprint density at radius 1 is 1.26 bits per heavy atom. The number of rotatable bonds is 5. The Hall–Kier alpha value is -1.94. The summed E-state index contributed by atoms with van der Waals surface area (Å²) in [5, 5.41) is 11.1. The predicted molar refractivity (Wildman–Crippen MR) is 82.5 cm³/mol. The van der Waals surface area contributed by atoms with Crippen LogP contribution in [0.15, 0.2) is 29.2 Å². The van der Waals surface area contributed by atoms with Crippen LogP contribution in [0.3, 0.4) is 0 Å². The van der Waals surface area contributed by atoms with Crippen LogP contribution in [0.25, 0.3) is 0 Å². The number of halogens is 1. The average molecular weight is 338 g/mol. The molecule has 0 saturated heterocycles. The molecule has 0 bridgehead atoms. The van der Waals surface area contributed by atoms with Gasteiger partial charge in [-0.1, -0.05) is 12.8 Å². The van der Waals surface area contributed by atoms with Crippen molar-refractivity contribution in [2.24, 2.45) is 11.8 Å². The molecular weight excluding hydrogens is 319 g/mol. The highest BCUT2D eigenvalue weighted by atomic mass is 32.2. The number of nitrogens with zero attached hydrogens (tertiary/aromatic N) is 1. The summed E-state index contributed by atoms with van der Waals surface area (Å²) in [5.74, 6) is -1.56. The molecule has 0 aromatic heterocycles. The lowest BCUT2D eigenvalue weighted by molar-refractivity contribution is -0.127. The highest BCUT2D eigenvalue weighted by Gasteiger charge is 2.34. The van der Waals surface area contributed by atoms with E-state index in [2.05, 4.69) is 5.32 Å². The minimum absolute atomic E-state index is 0.0701. The smallest absolute Gasteiger partial charge is 0.224 e. The first kappa shape index (κ1) is 17.4. The summed E-state index contributed by atoms with van der Waals surface area (Å²) in [6.45, 7) is -0.0766. The van der Waals surface area contributed by atoms with Gasteiger partial charge in [-0.3, -0.25) is 4.79 Å². The van der Waals surface area contributed by atoms with Crippen LogP contribution < -0.4 is 5.32 Å². The first-order valence-electron chi connectivity index (χ1n) is 7.57. The predicted octanol–water partition coefficient (Wildman–Crippen LogP) is 2.05. The van der Waals surface area contributed by atoms with Crippen molar-refractivity contribution in [2.45, 2.75) is 30.6 Å². The summed E-state index contributed by atoms with van der Waals surface area (Å²) in [5.41, 5.74) is 0. The van der Waals surface area contributed by atoms with Crippen LogP contribution in [0.2, 0.25) is 0 Å². The quantitative estimate of drug-likeness (QED) is 0.657. The molecule has 2 atom stereocenters. The van der Waals surface area contributed by atoms with Crippen molar-refractivity contribution in [3.05, 3.63) is 30.1 Å². The molecule has 0 unspecified atom stereocenters. The zero-order chi connectivity index (χ0) is 16.9. The molecule has 1 saturated carbocycles. The Morgan fingerprint density at radius 3 is 2.57 bits per heavy atom. The fourth-order valence-corrected chi connectivity index (χ4v) is 4.74. The summed E-state index contributed by atoms with van der Waals surface area (Å²) < 4.78 is 37.9. The van der Waals surface area contributed by atoms with E-state index in [4.69, 9.17) is 5.26 Å². The lowest BCUT2D eigenvalue weighted by Gasteiger charge is -2.30. The molecule has 5 nitrogen and oxygen atoms in total. The Kier molecular flexibility index (Phi) is 5.72. The molecule has 1 aliphatic rings. The normalized spacial score (nSPS) is 21.4. The van der Waals surface area contributed by atoms with E-state index in [1.165, 1.54) is 12.1 Å². The van der Waals surface area contributed by atoms with Gasteiger partial charge in [0.05, 0.1) is 16.7 Å². The molecule has 7 heteroatoms. The van der Waals surface area contributed by atoms with Crippen molar-refractivity contribution in [1.29, 1.82) is 5.26 Å². The minimum Gasteiger partial charge on any atom is -0.343 e. The molecule has 0 aliphatic heterocycles. The highest BCUT2D eigenvalue weighted by molar-refractivity contribution is 7.91. The maximum absolute atomic E-state index is 12.9. The van der Waals surface area contributed by atoms with Gasteiger partial charge in [-0.05, 0) is 43.0 Å². The summed E-state index contributed by atoms with van der Waals surface area (Å²) in [6.07, 6.45) is 3.04. The molecule has 1 N–H and O–H groups in total. The Labute approximate surface area is 135 Å². The minimum atomic E-state index is -3.58. The van der Waals surface area contributed by atoms with Gasteiger partial charge in [-0.2, -0.15) is 5.26 Å². The van der Waals surface area contributed by atoms with Crippen LogP contribution >= 0.6 is 0 Å². The molecule has 0 spiro atoms. The monoisotopic (exact) mass is 338 g/mol. The van der Waals surface area contributed by atoms with Crippen LogP contribution in [0.5, 0.6) is 0 Å². The average Bonchev–Trinajstić information content (AvgIpc) is 2.53. The lowest BCUT2D eigenvalue weighted by atomic mass is 9.80. The topological polar surface area (TPSA) is 87.0 Å². The molecule has 0 radical (unpaired) electrons. The maximum atomic E-state index is 12.9. The van der Waals surface area contributed by atoms with Crippen LogP contribution in [0.1, 0.15) is 25.7 Å². The third-order valence-corrected chi connectivity index (χ3v) is 6.05. The summed E-state index contributed by atoms with van der Waals surface area (Å²) in [6, 6.07) is 6.57. The van der Waals surface area contributed by atoms with Crippen molar-refractivity contribution in [3.8, 4) is 6.07 Å². The Bertz CT molecular complexity index is 695. The Balaban J connectivity index is 2.13. The van der Waals surface area contributed by atoms with Crippen LogP contribution in [0, 0.1) is 29.0 Å². The number of nitriles is 1. The van der Waals surface area contributed by atoms with Crippen molar-refractivity contribution in [2.75, 3.05) is 12.3 Å². The second-order valence-corrected chi connectivity index (χ2v) is 7.80. The number of nitrogens with one attached hydrogen (secondary N) is 1. The molecule has 1 amide bonds. The highest BCUT2D eigenvalue weighted by Crippen LogP contribution is 2.32. The van der Waals surface area contributed by atoms with E-state index in [1.54, 1.807) is 0 Å². The van der Waals surface area contributed by atoms with Crippen molar-refractivity contribution >= 4 is 15.7 Å². The molecule has 23 heavy (non-hydrogen) atoms. The number of benzene rings is 1. The van der Waals surface area contributed by atoms with Crippen molar-refractivity contribution in [1.82, 2.24) is 5.32 Å². The van der Waals surface area contributed by atoms with Crippen molar-refractivity contribution in [3.63, 3.8) is 0 Å². The number of amides is 1. The largest absolute Gasteiger partial charge is 0.343 e. The number of carbonyl (C=O) groups excluding carboxylic acids is 1. The van der Waals surface area contributed by atoms with Gasteiger partial charge >= 0.3 is 0 Å². The zero-order valence-electron chi connectivity index (χ0n) is 12.7. The SMILES string of the molecule is N#CCNC(=O)[C@@H]1CCCC[C@@H]1CS(=O)(=O)c1ccc(F)cc1. The molecule has 2 rings (SSSR count). The van der Waals surface area contributed by atoms with E-state index in [1.807, 2.05) is 6.07 Å². The maximum Gasteiger partial charge on any atom is 0.224 e. The molecular formula is C16H19FN2O3S. The first-order chi connectivity index (χ1) is 10.9. The van der Waals surface area contributed by atoms with Gasteiger partial charge < -0.3 is 5.32 Å². The summed E-state index contributed by atoms with van der Waals surface area (Å²) in [4.78, 5) is 12.2. The van der Waals surface area contributed by atoms with E-state index < -0.39 is 21.6 Å². The molecule has 0 heterocycles. The molecule has 1 aliphatic carbocycles. The fraction of sp³-hybridized carbons (Fsp3) is 0.500. The van der Waals surface area contributed by atoms with Crippen LogP contribution in [0.4, 0.5) is 4.39 Å². The number of hydrogen-bond acceptors (Lipinski definition) is 4. The molecule has 124 valence electrons. The van der Waals surface area contributed by atoms with Crippen LogP contribution in [-0.2, 0) is 14.6 Å². The molecule has 1 aromatic carbocycles. The van der Waals surface area contributed by atoms with Crippen molar-refractivity contribution < 1.29 is 17.6 Å². The molecule has 1 fully saturated rings. The number of carbonyl (C=O) groups is 1.